The number of nitrogens with zero attached hydrogens (tertiary/aromatic N) is 15. The van der Waals surface area contributed by atoms with Gasteiger partial charge in [0.05, 0.1) is 36.1 Å². The number of nitrogens with one attached hydrogen (secondary N) is 2. The summed E-state index contributed by atoms with van der Waals surface area (Å²) < 4.78 is 3.67. The van der Waals surface area contributed by atoms with E-state index in [2.05, 4.69) is 168 Å². The van der Waals surface area contributed by atoms with Crippen molar-refractivity contribution in [2.24, 2.45) is 55.4 Å². The van der Waals surface area contributed by atoms with E-state index in [4.69, 9.17) is 17.2 Å². The Bertz CT molecular complexity index is 2320. The van der Waals surface area contributed by atoms with Gasteiger partial charge < -0.3 is 11.2 Å². The SMILES string of the molecule is C#CC#CC#CC#CC#CC#CC#CC#CC.Cn1cc(Nc2ncc3cnn(CC4CCCN(CC#N)C4)c3n2)cn1.N=N/N=N/N=N/N=N/N.[HH].[HH].[HH].[HH].[HH].[HH].[HH].[HH]. The molecular formula is C34H44N18. The maximum absolute atomic E-state index is 8.92. The summed E-state index contributed by atoms with van der Waals surface area (Å²) >= 11 is 0. The summed E-state index contributed by atoms with van der Waals surface area (Å²) in [6, 6.07) is 2.25. The highest BCUT2D eigenvalue weighted by Gasteiger charge is 2.21. The van der Waals surface area contributed by atoms with E-state index >= 15 is 0 Å². The van der Waals surface area contributed by atoms with Crippen molar-refractivity contribution in [2.75, 3.05) is 25.0 Å². The number of rotatable bonds is 8. The van der Waals surface area contributed by atoms with Crippen molar-refractivity contribution in [3.05, 3.63) is 24.8 Å². The second-order valence-corrected chi connectivity index (χ2v) is 9.41. The number of anilines is 2. The first-order valence-corrected chi connectivity index (χ1v) is 14.7. The van der Waals surface area contributed by atoms with Crippen molar-refractivity contribution in [2.45, 2.75) is 26.3 Å². The van der Waals surface area contributed by atoms with Gasteiger partial charge in [0, 0.05) is 43.9 Å². The maximum atomic E-state index is 8.92. The number of nitrogens with two attached hydrogens (primary N) is 1. The van der Waals surface area contributed by atoms with Crippen molar-refractivity contribution in [3.63, 3.8) is 0 Å². The summed E-state index contributed by atoms with van der Waals surface area (Å²) in [5.74, 6) is 42.4. The molecule has 1 saturated heterocycles. The largest absolute Gasteiger partial charge is 0.321 e. The summed E-state index contributed by atoms with van der Waals surface area (Å²) in [5, 5.41) is 41.1. The van der Waals surface area contributed by atoms with E-state index in [0.29, 0.717) is 18.4 Å². The van der Waals surface area contributed by atoms with Crippen LogP contribution in [-0.4, -0.2) is 54.1 Å². The Morgan fingerprint density at radius 3 is 2.19 bits per heavy atom. The number of piperidine rings is 1. The lowest BCUT2D eigenvalue weighted by Crippen LogP contribution is -2.37. The van der Waals surface area contributed by atoms with Crippen LogP contribution in [0.1, 0.15) is 31.2 Å². The summed E-state index contributed by atoms with van der Waals surface area (Å²) in [4.78, 5) is 11.2. The molecule has 52 heavy (non-hydrogen) atoms. The Balaban J connectivity index is -0.000000146. The highest BCUT2D eigenvalue weighted by Crippen LogP contribution is 2.21. The second kappa shape index (κ2) is 25.7. The summed E-state index contributed by atoms with van der Waals surface area (Å²) in [5.41, 5.74) is 7.73. The highest BCUT2D eigenvalue weighted by atomic mass is 15.6. The average Bonchev–Trinajstić information content (AvgIpc) is 3.75. The van der Waals surface area contributed by atoms with Crippen LogP contribution in [0.4, 0.5) is 11.6 Å². The molecule has 3 aromatic heterocycles. The van der Waals surface area contributed by atoms with Gasteiger partial charge in [-0.1, -0.05) is 11.1 Å². The fourth-order valence-corrected chi connectivity index (χ4v) is 4.00. The van der Waals surface area contributed by atoms with Crippen molar-refractivity contribution < 1.29 is 11.4 Å². The lowest BCUT2D eigenvalue weighted by Gasteiger charge is -2.30. The molecule has 1 atom stereocenters. The molecule has 0 amide bonds. The number of terminal acetylenes is 1. The fraction of sp³-hybridized carbons (Fsp3) is 0.265. The highest BCUT2D eigenvalue weighted by molar-refractivity contribution is 5.75. The van der Waals surface area contributed by atoms with Crippen LogP contribution in [0.25, 0.3) is 11.0 Å². The number of likely N-dealkylation sites (tertiary alicyclic amines) is 1. The van der Waals surface area contributed by atoms with Gasteiger partial charge in [-0.15, -0.1) is 6.42 Å². The van der Waals surface area contributed by atoms with Gasteiger partial charge in [-0.2, -0.15) is 26.0 Å². The zero-order chi connectivity index (χ0) is 37.5. The molecule has 18 nitrogen and oxygen atoms in total. The molecule has 4 N–H and O–H groups in total. The minimum absolute atomic E-state index is 0. The molecular weight excluding hydrogens is 660 g/mol. The number of aromatic nitrogens is 6. The van der Waals surface area contributed by atoms with Gasteiger partial charge in [-0.25, -0.2) is 9.67 Å². The van der Waals surface area contributed by atoms with Gasteiger partial charge in [0.2, 0.25) is 5.95 Å². The van der Waals surface area contributed by atoms with E-state index in [0.717, 1.165) is 49.2 Å². The van der Waals surface area contributed by atoms with Gasteiger partial charge in [-0.05, 0) is 146 Å². The van der Waals surface area contributed by atoms with E-state index in [1.54, 1.807) is 30.2 Å². The van der Waals surface area contributed by atoms with Gasteiger partial charge in [0.15, 0.2) is 5.65 Å². The number of aryl methyl sites for hydroxylation is 1. The minimum Gasteiger partial charge on any atom is -0.321 e. The summed E-state index contributed by atoms with van der Waals surface area (Å²) in [6.07, 6.45) is 14.3. The molecule has 0 radical (unpaired) electrons. The molecule has 1 aliphatic heterocycles. The monoisotopic (exact) mass is 704 g/mol. The molecule has 0 bridgehead atoms. The predicted octanol–water partition coefficient (Wildman–Crippen LogP) is 5.16. The van der Waals surface area contributed by atoms with Crippen LogP contribution >= 0.6 is 0 Å². The molecule has 1 aliphatic rings. The molecule has 1 fully saturated rings. The first-order chi connectivity index (χ1) is 25.5. The standard InChI is InChI=1S/C17H21N9.C17H4.H3N9.8H2/c1-24-12-15(9-20-24)22-17-19-7-14-8-21-26(16(14)23-17)11-13-3-2-5-25(10-13)6-4-18;1-3-5-7-9-11-13-15-17-16-14-12-10-8-6-4-2;1-3-5-7-9-8-6-4-2;;;;;;;;/h7-9,12-13H,2-3,5-6,10-11H2,1H3,(H,19,22,23);1H,2H3;(H3,1,2,5,6,9);8*1H. The third kappa shape index (κ3) is 17.0. The van der Waals surface area contributed by atoms with Crippen LogP contribution in [0.5, 0.6) is 0 Å². The molecule has 0 aromatic carbocycles. The van der Waals surface area contributed by atoms with Crippen LogP contribution in [0.3, 0.4) is 0 Å². The average molecular weight is 705 g/mol. The molecule has 4 heterocycles. The Labute approximate surface area is 312 Å². The lowest BCUT2D eigenvalue weighted by molar-refractivity contribution is 0.177. The van der Waals surface area contributed by atoms with Gasteiger partial charge >= 0.3 is 0 Å². The van der Waals surface area contributed by atoms with Gasteiger partial charge in [0.25, 0.3) is 0 Å². The van der Waals surface area contributed by atoms with Crippen molar-refractivity contribution in [3.8, 4) is 101 Å². The number of hydrogen-bond donors (Lipinski definition) is 3. The zero-order valence-corrected chi connectivity index (χ0v) is 28.0. The van der Waals surface area contributed by atoms with Gasteiger partial charge in [0.1, 0.15) is 0 Å². The van der Waals surface area contributed by atoms with E-state index in [9.17, 15) is 0 Å². The topological polar surface area (TPSA) is 237 Å². The van der Waals surface area contributed by atoms with Crippen LogP contribution in [0.2, 0.25) is 0 Å². The van der Waals surface area contributed by atoms with Crippen LogP contribution < -0.4 is 11.2 Å². The van der Waals surface area contributed by atoms with E-state index in [-0.39, 0.29) is 11.4 Å². The van der Waals surface area contributed by atoms with Crippen LogP contribution in [0.15, 0.2) is 61.4 Å². The Morgan fingerprint density at radius 2 is 1.60 bits per heavy atom. The minimum atomic E-state index is 0. The third-order valence-corrected chi connectivity index (χ3v) is 5.87. The number of nitriles is 1. The first-order valence-electron chi connectivity index (χ1n) is 14.7. The lowest BCUT2D eigenvalue weighted by atomic mass is 9.98. The van der Waals surface area contributed by atoms with Crippen molar-refractivity contribution >= 4 is 22.7 Å². The normalized spacial score (nSPS) is 12.3. The first kappa shape index (κ1) is 39.9. The Kier molecular flexibility index (Phi) is 19.7. The van der Waals surface area contributed by atoms with Crippen LogP contribution in [-0.2, 0) is 13.6 Å². The molecule has 4 rings (SSSR count). The maximum Gasteiger partial charge on any atom is 0.229 e. The summed E-state index contributed by atoms with van der Waals surface area (Å²) in [6.45, 7) is 4.94. The smallest absolute Gasteiger partial charge is 0.229 e. The molecule has 18 heteroatoms. The van der Waals surface area contributed by atoms with Crippen molar-refractivity contribution in [1.82, 2.24) is 34.4 Å². The van der Waals surface area contributed by atoms with Crippen LogP contribution in [0, 0.1) is 118 Å². The predicted molar refractivity (Wildman–Crippen MR) is 206 cm³/mol. The number of hydrogen-bond acceptors (Lipinski definition) is 9. The van der Waals surface area contributed by atoms with E-state index in [1.165, 1.54) is 0 Å². The molecule has 1 unspecified atom stereocenters. The Hall–Kier alpha value is -8.31. The molecule has 0 aliphatic carbocycles. The fourth-order valence-electron chi connectivity index (χ4n) is 4.00. The molecule has 3 aromatic rings. The van der Waals surface area contributed by atoms with Crippen molar-refractivity contribution in [1.29, 1.82) is 10.8 Å². The molecule has 270 valence electrons. The third-order valence-electron chi connectivity index (χ3n) is 5.87. The second-order valence-electron chi connectivity index (χ2n) is 9.41. The van der Waals surface area contributed by atoms with E-state index in [1.807, 2.05) is 17.9 Å². The molecule has 0 saturated carbocycles. The quantitative estimate of drug-likeness (QED) is 0.0928. The summed E-state index contributed by atoms with van der Waals surface area (Å²) in [7, 11) is 1.87. The molecule has 0 spiro atoms. The van der Waals surface area contributed by atoms with Gasteiger partial charge in [-0.3, -0.25) is 9.58 Å². The Morgan fingerprint density at radius 1 is 0.942 bits per heavy atom. The van der Waals surface area contributed by atoms with E-state index < -0.39 is 0 Å². The zero-order valence-electron chi connectivity index (χ0n) is 28.0. The number of fused-ring (bicyclic) bond motifs is 1.